The van der Waals surface area contributed by atoms with Gasteiger partial charge in [0.25, 0.3) is 0 Å². The standard InChI is InChI=1S/C12H14N8/c1-10-14-3-7-20(10)12-9-13-8-11(17-12)15-2-5-19-6-4-16-18-19/h3-4,6-9H,2,5H2,1H3,(H,15,17). The summed E-state index contributed by atoms with van der Waals surface area (Å²) in [5.41, 5.74) is 0. The van der Waals surface area contributed by atoms with E-state index in [-0.39, 0.29) is 0 Å². The zero-order valence-corrected chi connectivity index (χ0v) is 11.0. The molecule has 0 aliphatic carbocycles. The Hall–Kier alpha value is -2.77. The number of rotatable bonds is 5. The van der Waals surface area contributed by atoms with Crippen molar-refractivity contribution < 1.29 is 0 Å². The molecule has 0 spiro atoms. The van der Waals surface area contributed by atoms with Gasteiger partial charge < -0.3 is 5.32 Å². The van der Waals surface area contributed by atoms with Crippen LogP contribution in [-0.2, 0) is 6.54 Å². The van der Waals surface area contributed by atoms with Gasteiger partial charge in [-0.05, 0) is 6.92 Å². The highest BCUT2D eigenvalue weighted by Crippen LogP contribution is 2.09. The van der Waals surface area contributed by atoms with Crippen molar-refractivity contribution in [3.8, 4) is 5.82 Å². The Morgan fingerprint density at radius 2 is 2.15 bits per heavy atom. The van der Waals surface area contributed by atoms with Crippen LogP contribution in [0.2, 0.25) is 0 Å². The molecule has 102 valence electrons. The molecule has 8 nitrogen and oxygen atoms in total. The second kappa shape index (κ2) is 5.47. The molecule has 20 heavy (non-hydrogen) atoms. The first-order valence-corrected chi connectivity index (χ1v) is 6.23. The second-order valence-corrected chi connectivity index (χ2v) is 4.20. The Morgan fingerprint density at radius 1 is 1.20 bits per heavy atom. The molecule has 0 saturated heterocycles. The first-order valence-electron chi connectivity index (χ1n) is 6.23. The summed E-state index contributed by atoms with van der Waals surface area (Å²) in [4.78, 5) is 12.9. The fourth-order valence-corrected chi connectivity index (χ4v) is 1.83. The first kappa shape index (κ1) is 12.3. The number of aromatic nitrogens is 7. The maximum atomic E-state index is 4.50. The number of nitrogens with one attached hydrogen (secondary N) is 1. The molecule has 8 heteroatoms. The average Bonchev–Trinajstić information content (AvgIpc) is 3.11. The Balaban J connectivity index is 1.67. The fraction of sp³-hybridized carbons (Fsp3) is 0.250. The molecule has 1 N–H and O–H groups in total. The summed E-state index contributed by atoms with van der Waals surface area (Å²) in [6, 6.07) is 0. The number of hydrogen-bond donors (Lipinski definition) is 1. The maximum Gasteiger partial charge on any atom is 0.159 e. The van der Waals surface area contributed by atoms with Gasteiger partial charge in [-0.1, -0.05) is 5.21 Å². The summed E-state index contributed by atoms with van der Waals surface area (Å²) in [6.07, 6.45) is 10.5. The van der Waals surface area contributed by atoms with Crippen LogP contribution in [-0.4, -0.2) is 41.1 Å². The van der Waals surface area contributed by atoms with Crippen LogP contribution in [0.15, 0.2) is 37.2 Å². The SMILES string of the molecule is Cc1nccn1-c1cncc(NCCn2ccnn2)n1. The summed E-state index contributed by atoms with van der Waals surface area (Å²) in [6.45, 7) is 3.34. The van der Waals surface area contributed by atoms with Gasteiger partial charge in [-0.15, -0.1) is 5.10 Å². The van der Waals surface area contributed by atoms with Gasteiger partial charge in [0, 0.05) is 25.1 Å². The third-order valence-corrected chi connectivity index (χ3v) is 2.81. The van der Waals surface area contributed by atoms with Crippen LogP contribution in [0.5, 0.6) is 0 Å². The lowest BCUT2D eigenvalue weighted by atomic mass is 10.5. The van der Waals surface area contributed by atoms with E-state index >= 15 is 0 Å². The van der Waals surface area contributed by atoms with Crippen LogP contribution < -0.4 is 5.32 Å². The van der Waals surface area contributed by atoms with E-state index in [0.717, 1.165) is 24.0 Å². The van der Waals surface area contributed by atoms with E-state index in [4.69, 9.17) is 0 Å². The van der Waals surface area contributed by atoms with Crippen molar-refractivity contribution in [2.45, 2.75) is 13.5 Å². The summed E-state index contributed by atoms with van der Waals surface area (Å²) in [5, 5.41) is 10.9. The van der Waals surface area contributed by atoms with Gasteiger partial charge in [0.05, 0.1) is 25.1 Å². The van der Waals surface area contributed by atoms with Crippen molar-refractivity contribution in [2.75, 3.05) is 11.9 Å². The molecule has 0 atom stereocenters. The van der Waals surface area contributed by atoms with E-state index in [1.54, 1.807) is 29.5 Å². The predicted octanol–water partition coefficient (Wildman–Crippen LogP) is 0.674. The van der Waals surface area contributed by atoms with E-state index in [9.17, 15) is 0 Å². The molecule has 0 fully saturated rings. The summed E-state index contributed by atoms with van der Waals surface area (Å²) in [7, 11) is 0. The number of imidazole rings is 1. The van der Waals surface area contributed by atoms with Gasteiger partial charge >= 0.3 is 0 Å². The summed E-state index contributed by atoms with van der Waals surface area (Å²) < 4.78 is 3.64. The van der Waals surface area contributed by atoms with Gasteiger partial charge in [-0.25, -0.2) is 9.97 Å². The average molecular weight is 270 g/mol. The minimum absolute atomic E-state index is 0.699. The highest BCUT2D eigenvalue weighted by atomic mass is 15.4. The molecule has 0 saturated carbocycles. The number of hydrogen-bond acceptors (Lipinski definition) is 6. The Morgan fingerprint density at radius 3 is 2.90 bits per heavy atom. The molecule has 0 aromatic carbocycles. The van der Waals surface area contributed by atoms with Crippen molar-refractivity contribution in [3.05, 3.63) is 43.0 Å². The van der Waals surface area contributed by atoms with Gasteiger partial charge in [-0.3, -0.25) is 14.2 Å². The predicted molar refractivity (Wildman–Crippen MR) is 72.4 cm³/mol. The molecule has 3 aromatic rings. The quantitative estimate of drug-likeness (QED) is 0.733. The van der Waals surface area contributed by atoms with Crippen LogP contribution >= 0.6 is 0 Å². The first-order chi connectivity index (χ1) is 9.83. The lowest BCUT2D eigenvalue weighted by molar-refractivity contribution is 0.608. The molecule has 3 aromatic heterocycles. The third-order valence-electron chi connectivity index (χ3n) is 2.81. The second-order valence-electron chi connectivity index (χ2n) is 4.20. The molecular weight excluding hydrogens is 256 g/mol. The van der Waals surface area contributed by atoms with Crippen molar-refractivity contribution in [1.29, 1.82) is 0 Å². The topological polar surface area (TPSA) is 86.3 Å². The van der Waals surface area contributed by atoms with Crippen LogP contribution in [0.25, 0.3) is 5.82 Å². The molecular formula is C12H14N8. The molecule has 0 aliphatic heterocycles. The monoisotopic (exact) mass is 270 g/mol. The lowest BCUT2D eigenvalue weighted by Crippen LogP contribution is -2.13. The molecule has 0 amide bonds. The third kappa shape index (κ3) is 2.63. The largest absolute Gasteiger partial charge is 0.367 e. The van der Waals surface area contributed by atoms with Crippen LogP contribution in [0.4, 0.5) is 5.82 Å². The zero-order valence-electron chi connectivity index (χ0n) is 11.0. The zero-order chi connectivity index (χ0) is 13.8. The number of nitrogens with zero attached hydrogens (tertiary/aromatic N) is 7. The lowest BCUT2D eigenvalue weighted by Gasteiger charge is -2.08. The van der Waals surface area contributed by atoms with Crippen molar-refractivity contribution >= 4 is 5.82 Å². The Bertz CT molecular complexity index is 672. The van der Waals surface area contributed by atoms with Gasteiger partial charge in [0.2, 0.25) is 0 Å². The van der Waals surface area contributed by atoms with Crippen molar-refractivity contribution in [1.82, 2.24) is 34.5 Å². The summed E-state index contributed by atoms with van der Waals surface area (Å²) in [5.74, 6) is 2.33. The van der Waals surface area contributed by atoms with Crippen molar-refractivity contribution in [2.24, 2.45) is 0 Å². The molecule has 3 rings (SSSR count). The Kier molecular flexibility index (Phi) is 3.36. The van der Waals surface area contributed by atoms with Crippen LogP contribution in [0.1, 0.15) is 5.82 Å². The summed E-state index contributed by atoms with van der Waals surface area (Å²) >= 11 is 0. The van der Waals surface area contributed by atoms with E-state index < -0.39 is 0 Å². The van der Waals surface area contributed by atoms with E-state index in [1.165, 1.54) is 0 Å². The van der Waals surface area contributed by atoms with Gasteiger partial charge in [0.15, 0.2) is 5.82 Å². The molecule has 3 heterocycles. The van der Waals surface area contributed by atoms with Gasteiger partial charge in [-0.2, -0.15) is 0 Å². The smallest absolute Gasteiger partial charge is 0.159 e. The minimum atomic E-state index is 0.699. The Labute approximate surface area is 115 Å². The number of anilines is 1. The van der Waals surface area contributed by atoms with Crippen LogP contribution in [0.3, 0.4) is 0 Å². The van der Waals surface area contributed by atoms with Crippen LogP contribution in [0, 0.1) is 6.92 Å². The number of aryl methyl sites for hydroxylation is 1. The van der Waals surface area contributed by atoms with Gasteiger partial charge in [0.1, 0.15) is 11.6 Å². The highest BCUT2D eigenvalue weighted by Gasteiger charge is 2.03. The van der Waals surface area contributed by atoms with E-state index in [2.05, 4.69) is 30.6 Å². The maximum absolute atomic E-state index is 4.50. The fourth-order valence-electron chi connectivity index (χ4n) is 1.83. The molecule has 0 unspecified atom stereocenters. The molecule has 0 radical (unpaired) electrons. The van der Waals surface area contributed by atoms with E-state index in [0.29, 0.717) is 6.54 Å². The highest BCUT2D eigenvalue weighted by molar-refractivity contribution is 5.36. The minimum Gasteiger partial charge on any atom is -0.367 e. The van der Waals surface area contributed by atoms with E-state index in [1.807, 2.05) is 23.9 Å². The van der Waals surface area contributed by atoms with Crippen molar-refractivity contribution in [3.63, 3.8) is 0 Å². The molecule has 0 aliphatic rings. The normalized spacial score (nSPS) is 10.7. The molecule has 0 bridgehead atoms.